The van der Waals surface area contributed by atoms with Gasteiger partial charge in [0.2, 0.25) is 5.91 Å². The fourth-order valence-electron chi connectivity index (χ4n) is 4.34. The number of halogens is 1. The molecule has 3 aromatic rings. The van der Waals surface area contributed by atoms with Crippen LogP contribution in [-0.2, 0) is 29.0 Å². The van der Waals surface area contributed by atoms with Crippen molar-refractivity contribution in [3.05, 3.63) is 65.4 Å². The van der Waals surface area contributed by atoms with Gasteiger partial charge in [-0.15, -0.1) is 0 Å². The van der Waals surface area contributed by atoms with Crippen LogP contribution in [0.2, 0.25) is 0 Å². The second kappa shape index (κ2) is 8.18. The third-order valence-electron chi connectivity index (χ3n) is 5.63. The zero-order valence-corrected chi connectivity index (χ0v) is 16.3. The highest BCUT2D eigenvalue weighted by atomic mass is 19.1. The largest absolute Gasteiger partial charge is 0.508 e. The van der Waals surface area contributed by atoms with Crippen molar-refractivity contribution in [1.29, 1.82) is 0 Å². The molecule has 0 fully saturated rings. The van der Waals surface area contributed by atoms with Crippen molar-refractivity contribution in [1.82, 2.24) is 9.88 Å². The van der Waals surface area contributed by atoms with Crippen LogP contribution in [0.25, 0.3) is 10.9 Å². The number of nitrogens with zero attached hydrogens (tertiary/aromatic N) is 1. The number of aryl methyl sites for hydroxylation is 1. The van der Waals surface area contributed by atoms with Crippen molar-refractivity contribution >= 4 is 22.8 Å². The molecule has 3 N–H and O–H groups in total. The van der Waals surface area contributed by atoms with E-state index >= 15 is 4.39 Å². The lowest BCUT2D eigenvalue weighted by Crippen LogP contribution is -2.39. The maximum atomic E-state index is 15.1. The quantitative estimate of drug-likeness (QED) is 0.580. The van der Waals surface area contributed by atoms with Gasteiger partial charge in [-0.2, -0.15) is 0 Å². The van der Waals surface area contributed by atoms with Crippen molar-refractivity contribution < 1.29 is 24.2 Å². The number of carbonyl (C=O) groups excluding carboxylic acids is 1. The minimum absolute atomic E-state index is 0.102. The van der Waals surface area contributed by atoms with Crippen LogP contribution in [0.5, 0.6) is 5.75 Å². The molecule has 156 valence electrons. The minimum atomic E-state index is -1.36. The van der Waals surface area contributed by atoms with Crippen molar-refractivity contribution in [2.24, 2.45) is 0 Å². The Balaban J connectivity index is 1.51. The van der Waals surface area contributed by atoms with E-state index in [1.807, 2.05) is 12.1 Å². The molecule has 0 saturated carbocycles. The normalized spacial score (nSPS) is 18.2. The van der Waals surface area contributed by atoms with E-state index in [4.69, 9.17) is 0 Å². The maximum absolute atomic E-state index is 15.1. The summed E-state index contributed by atoms with van der Waals surface area (Å²) in [5.41, 5.74) is 2.55. The molecule has 0 spiro atoms. The van der Waals surface area contributed by atoms with Gasteiger partial charge in [0.1, 0.15) is 18.5 Å². The number of phenols is 1. The van der Waals surface area contributed by atoms with Crippen LogP contribution < -0.4 is 5.32 Å². The number of aromatic nitrogens is 1. The lowest BCUT2D eigenvalue weighted by molar-refractivity contribution is -0.137. The van der Waals surface area contributed by atoms with Crippen LogP contribution in [0.4, 0.5) is 4.39 Å². The second-order valence-corrected chi connectivity index (χ2v) is 7.66. The number of rotatable bonds is 6. The molecular weight excluding hydrogens is 387 g/mol. The van der Waals surface area contributed by atoms with Gasteiger partial charge in [-0.25, -0.2) is 4.39 Å². The number of carbonyl (C=O) groups is 2. The molecule has 1 aliphatic carbocycles. The number of benzene rings is 2. The molecule has 2 atom stereocenters. The lowest BCUT2D eigenvalue weighted by atomic mass is 9.90. The number of phenolic OH excluding ortho intramolecular Hbond substituents is 1. The first kappa shape index (κ1) is 19.9. The van der Waals surface area contributed by atoms with Crippen LogP contribution in [0.1, 0.15) is 35.8 Å². The Hall–Kier alpha value is -3.35. The summed E-state index contributed by atoms with van der Waals surface area (Å²) < 4.78 is 16.7. The van der Waals surface area contributed by atoms with Crippen LogP contribution >= 0.6 is 0 Å². The Bertz CT molecular complexity index is 1110. The number of nitrogens with one attached hydrogen (secondary N) is 1. The lowest BCUT2D eigenvalue weighted by Gasteiger charge is -2.27. The number of aliphatic carboxylic acids is 1. The molecule has 1 amide bonds. The van der Waals surface area contributed by atoms with Crippen molar-refractivity contribution in [2.45, 2.75) is 44.4 Å². The summed E-state index contributed by atoms with van der Waals surface area (Å²) in [6.45, 7) is -0.298. The number of hydrogen-bond donors (Lipinski definition) is 3. The molecule has 7 heteroatoms. The van der Waals surface area contributed by atoms with Gasteiger partial charge in [0.25, 0.3) is 0 Å². The summed E-state index contributed by atoms with van der Waals surface area (Å²) in [7, 11) is 0. The Morgan fingerprint density at radius 2 is 1.87 bits per heavy atom. The summed E-state index contributed by atoms with van der Waals surface area (Å²) >= 11 is 0. The standard InChI is InChI=1S/C23H23FN2O4/c24-18-12-15(25-21(28)10-9-14-5-1-4-8-20(14)27)11-17-16-6-2-3-7-19(16)26(23(17)18)13-22(29)30/h1-8,15,18,27H,9-13H2,(H,25,28)(H,29,30)/t15-,18?/m0/s1. The van der Waals surface area contributed by atoms with Gasteiger partial charge in [0.05, 0.1) is 5.69 Å². The van der Waals surface area contributed by atoms with E-state index in [0.29, 0.717) is 29.6 Å². The van der Waals surface area contributed by atoms with Crippen molar-refractivity contribution in [3.63, 3.8) is 0 Å². The molecule has 0 saturated heterocycles. The maximum Gasteiger partial charge on any atom is 0.323 e. The topological polar surface area (TPSA) is 91.6 Å². The second-order valence-electron chi connectivity index (χ2n) is 7.66. The molecule has 0 radical (unpaired) electrons. The predicted molar refractivity (Wildman–Crippen MR) is 110 cm³/mol. The van der Waals surface area contributed by atoms with Gasteiger partial charge in [-0.3, -0.25) is 9.59 Å². The highest BCUT2D eigenvalue weighted by molar-refractivity contribution is 5.87. The summed E-state index contributed by atoms with van der Waals surface area (Å²) in [4.78, 5) is 23.7. The third-order valence-corrected chi connectivity index (χ3v) is 5.63. The molecule has 4 rings (SSSR count). The number of hydrogen-bond acceptors (Lipinski definition) is 3. The van der Waals surface area contributed by atoms with Gasteiger partial charge >= 0.3 is 5.97 Å². The highest BCUT2D eigenvalue weighted by Crippen LogP contribution is 2.39. The first-order chi connectivity index (χ1) is 14.4. The van der Waals surface area contributed by atoms with Crippen LogP contribution in [0.3, 0.4) is 0 Å². The van der Waals surface area contributed by atoms with Crippen LogP contribution in [-0.4, -0.2) is 32.7 Å². The summed E-state index contributed by atoms with van der Waals surface area (Å²) in [6.07, 6.45) is -0.216. The number of carboxylic acid groups (broad SMARTS) is 1. The molecule has 2 aromatic carbocycles. The van der Waals surface area contributed by atoms with Gasteiger partial charge in [-0.1, -0.05) is 36.4 Å². The van der Waals surface area contributed by atoms with E-state index in [1.165, 1.54) is 4.57 Å². The van der Waals surface area contributed by atoms with E-state index < -0.39 is 12.1 Å². The molecule has 30 heavy (non-hydrogen) atoms. The Kier molecular flexibility index (Phi) is 5.44. The highest BCUT2D eigenvalue weighted by Gasteiger charge is 2.33. The van der Waals surface area contributed by atoms with Crippen molar-refractivity contribution in [3.8, 4) is 5.75 Å². The molecule has 0 aliphatic heterocycles. The van der Waals surface area contributed by atoms with E-state index in [0.717, 1.165) is 10.9 Å². The molecule has 1 aromatic heterocycles. The summed E-state index contributed by atoms with van der Waals surface area (Å²) in [5, 5.41) is 22.8. The predicted octanol–water partition coefficient (Wildman–Crippen LogP) is 3.51. The van der Waals surface area contributed by atoms with Gasteiger partial charge in [0.15, 0.2) is 0 Å². The van der Waals surface area contributed by atoms with Gasteiger partial charge in [0, 0.05) is 29.8 Å². The zero-order chi connectivity index (χ0) is 21.3. The number of alkyl halides is 1. The minimum Gasteiger partial charge on any atom is -0.508 e. The number of aromatic hydroxyl groups is 1. The Labute approximate surface area is 172 Å². The van der Waals surface area contributed by atoms with Crippen molar-refractivity contribution in [2.75, 3.05) is 0 Å². The average Bonchev–Trinajstić information content (AvgIpc) is 3.01. The first-order valence-corrected chi connectivity index (χ1v) is 9.96. The van der Waals surface area contributed by atoms with Gasteiger partial charge in [-0.05, 0) is 36.1 Å². The number of carboxylic acids is 1. The molecule has 6 nitrogen and oxygen atoms in total. The SMILES string of the molecule is O=C(O)Cn1c2c(c3ccccc31)C[C@H](NC(=O)CCc1ccccc1O)CC2F. The summed E-state index contributed by atoms with van der Waals surface area (Å²) in [6, 6.07) is 13.8. The van der Waals surface area contributed by atoms with E-state index in [1.54, 1.807) is 36.4 Å². The zero-order valence-electron chi connectivity index (χ0n) is 16.3. The molecule has 1 aliphatic rings. The van der Waals surface area contributed by atoms with Crippen LogP contribution in [0, 0.1) is 0 Å². The van der Waals surface area contributed by atoms with Crippen LogP contribution in [0.15, 0.2) is 48.5 Å². The Morgan fingerprint density at radius 1 is 1.13 bits per heavy atom. The molecule has 0 bridgehead atoms. The molecule has 1 heterocycles. The smallest absolute Gasteiger partial charge is 0.323 e. The first-order valence-electron chi connectivity index (χ1n) is 9.96. The summed E-state index contributed by atoms with van der Waals surface area (Å²) in [5.74, 6) is -1.07. The monoisotopic (exact) mass is 410 g/mol. The van der Waals surface area contributed by atoms with E-state index in [-0.39, 0.29) is 37.1 Å². The molecule has 1 unspecified atom stereocenters. The van der Waals surface area contributed by atoms with E-state index in [9.17, 15) is 19.8 Å². The fraction of sp³-hybridized carbons (Fsp3) is 0.304. The number of fused-ring (bicyclic) bond motifs is 3. The third kappa shape index (κ3) is 3.87. The average molecular weight is 410 g/mol. The van der Waals surface area contributed by atoms with E-state index in [2.05, 4.69) is 5.32 Å². The number of amides is 1. The van der Waals surface area contributed by atoms with Gasteiger partial charge < -0.3 is 20.1 Å². The Morgan fingerprint density at radius 3 is 2.63 bits per heavy atom. The molecular formula is C23H23FN2O4. The fourth-order valence-corrected chi connectivity index (χ4v) is 4.34. The number of para-hydroxylation sites is 2.